The van der Waals surface area contributed by atoms with Crippen LogP contribution in [0, 0.1) is 13.8 Å². The van der Waals surface area contributed by atoms with Gasteiger partial charge in [-0.25, -0.2) is 15.0 Å². The summed E-state index contributed by atoms with van der Waals surface area (Å²) in [6, 6.07) is 0.780. The van der Waals surface area contributed by atoms with Gasteiger partial charge in [0.05, 0.1) is 6.20 Å². The third kappa shape index (κ3) is 3.61. The van der Waals surface area contributed by atoms with E-state index in [1.807, 2.05) is 0 Å². The zero-order valence-corrected chi connectivity index (χ0v) is 12.6. The van der Waals surface area contributed by atoms with Crippen LogP contribution in [0.5, 0.6) is 0 Å². The lowest BCUT2D eigenvalue weighted by molar-refractivity contribution is 0.642. The molecule has 0 amide bonds. The van der Waals surface area contributed by atoms with Gasteiger partial charge in [0.25, 0.3) is 0 Å². The second-order valence-electron chi connectivity index (χ2n) is 5.62. The Balaban J connectivity index is 1.70. The molecule has 0 unspecified atom stereocenters. The van der Waals surface area contributed by atoms with E-state index < -0.39 is 0 Å². The van der Waals surface area contributed by atoms with E-state index >= 15 is 0 Å². The summed E-state index contributed by atoms with van der Waals surface area (Å²) >= 11 is 0. The van der Waals surface area contributed by atoms with Gasteiger partial charge in [0.15, 0.2) is 5.82 Å². The summed E-state index contributed by atoms with van der Waals surface area (Å²) in [5.41, 5.74) is 4.09. The smallest absolute Gasteiger partial charge is 0.180 e. The molecule has 0 aromatic carbocycles. The van der Waals surface area contributed by atoms with Crippen molar-refractivity contribution in [3.63, 3.8) is 0 Å². The molecule has 0 radical (unpaired) electrons. The Labute approximate surface area is 125 Å². The van der Waals surface area contributed by atoms with Crippen LogP contribution in [0.15, 0.2) is 18.6 Å². The van der Waals surface area contributed by atoms with E-state index in [-0.39, 0.29) is 0 Å². The molecule has 3 rings (SSSR count). The normalized spacial score (nSPS) is 14.4. The molecule has 1 saturated carbocycles. The zero-order chi connectivity index (χ0) is 14.7. The van der Waals surface area contributed by atoms with E-state index in [9.17, 15) is 0 Å². The van der Waals surface area contributed by atoms with Gasteiger partial charge < -0.3 is 5.32 Å². The maximum Gasteiger partial charge on any atom is 0.180 e. The molecule has 5 nitrogen and oxygen atoms in total. The highest BCUT2D eigenvalue weighted by Gasteiger charge is 2.19. The molecule has 0 saturated heterocycles. The zero-order valence-electron chi connectivity index (χ0n) is 12.6. The number of rotatable bonds is 6. The molecule has 1 aliphatic carbocycles. The molecule has 2 heterocycles. The number of hydrogen-bond donors (Lipinski definition) is 1. The fourth-order valence-corrected chi connectivity index (χ4v) is 2.49. The molecule has 5 heteroatoms. The monoisotopic (exact) mass is 283 g/mol. The van der Waals surface area contributed by atoms with Crippen LogP contribution in [0.25, 0.3) is 11.5 Å². The second-order valence-corrected chi connectivity index (χ2v) is 5.62. The van der Waals surface area contributed by atoms with Gasteiger partial charge in [-0.15, -0.1) is 0 Å². The van der Waals surface area contributed by atoms with Crippen LogP contribution in [0.2, 0.25) is 0 Å². The third-order valence-electron chi connectivity index (χ3n) is 3.83. The first-order valence-corrected chi connectivity index (χ1v) is 7.58. The van der Waals surface area contributed by atoms with Crippen molar-refractivity contribution in [1.29, 1.82) is 0 Å². The molecule has 110 valence electrons. The standard InChI is InChI=1S/C16H21N5/c1-11-14(4-3-7-18-13-5-6-13)12(2)21-16(20-11)15-10-17-8-9-19-15/h8-10,13,18H,3-7H2,1-2H3. The highest BCUT2D eigenvalue weighted by Crippen LogP contribution is 2.20. The number of nitrogens with zero attached hydrogens (tertiary/aromatic N) is 4. The van der Waals surface area contributed by atoms with Crippen molar-refractivity contribution in [2.75, 3.05) is 6.54 Å². The summed E-state index contributed by atoms with van der Waals surface area (Å²) < 4.78 is 0. The SMILES string of the molecule is Cc1nc(-c2cnccn2)nc(C)c1CCCNC1CC1. The van der Waals surface area contributed by atoms with Crippen LogP contribution in [0.3, 0.4) is 0 Å². The Hall–Kier alpha value is -1.88. The van der Waals surface area contributed by atoms with Crippen molar-refractivity contribution in [1.82, 2.24) is 25.3 Å². The predicted octanol–water partition coefficient (Wildman–Crippen LogP) is 2.24. The Morgan fingerprint density at radius 1 is 1.14 bits per heavy atom. The maximum absolute atomic E-state index is 4.60. The number of hydrogen-bond acceptors (Lipinski definition) is 5. The minimum absolute atomic E-state index is 0.665. The minimum Gasteiger partial charge on any atom is -0.314 e. The molecule has 0 spiro atoms. The van der Waals surface area contributed by atoms with Gasteiger partial charge in [-0.05, 0) is 51.6 Å². The Kier molecular flexibility index (Phi) is 4.20. The summed E-state index contributed by atoms with van der Waals surface area (Å²) in [5.74, 6) is 0.665. The van der Waals surface area contributed by atoms with Gasteiger partial charge >= 0.3 is 0 Å². The molecule has 1 fully saturated rings. The molecule has 0 aliphatic heterocycles. The lowest BCUT2D eigenvalue weighted by atomic mass is 10.1. The van der Waals surface area contributed by atoms with E-state index in [0.717, 1.165) is 42.5 Å². The van der Waals surface area contributed by atoms with Gasteiger partial charge in [-0.1, -0.05) is 0 Å². The Bertz CT molecular complexity index is 584. The first-order chi connectivity index (χ1) is 10.2. The average Bonchev–Trinajstić information content (AvgIpc) is 3.30. The quantitative estimate of drug-likeness (QED) is 0.824. The summed E-state index contributed by atoms with van der Waals surface area (Å²) in [6.07, 6.45) is 9.87. The van der Waals surface area contributed by atoms with Crippen LogP contribution in [0.1, 0.15) is 36.2 Å². The van der Waals surface area contributed by atoms with Crippen molar-refractivity contribution in [2.24, 2.45) is 0 Å². The summed E-state index contributed by atoms with van der Waals surface area (Å²) in [6.45, 7) is 5.19. The highest BCUT2D eigenvalue weighted by molar-refractivity contribution is 5.48. The largest absolute Gasteiger partial charge is 0.314 e. The molecule has 1 aliphatic rings. The molecular weight excluding hydrogens is 262 g/mol. The first-order valence-electron chi connectivity index (χ1n) is 7.58. The van der Waals surface area contributed by atoms with Crippen molar-refractivity contribution in [3.05, 3.63) is 35.5 Å². The van der Waals surface area contributed by atoms with Crippen LogP contribution in [-0.2, 0) is 6.42 Å². The Morgan fingerprint density at radius 2 is 1.90 bits per heavy atom. The highest BCUT2D eigenvalue weighted by atomic mass is 14.9. The number of aryl methyl sites for hydroxylation is 2. The van der Waals surface area contributed by atoms with Crippen molar-refractivity contribution >= 4 is 0 Å². The number of aromatic nitrogens is 4. The molecule has 0 bridgehead atoms. The van der Waals surface area contributed by atoms with Crippen LogP contribution >= 0.6 is 0 Å². The topological polar surface area (TPSA) is 63.6 Å². The van der Waals surface area contributed by atoms with Crippen molar-refractivity contribution < 1.29 is 0 Å². The molecule has 2 aromatic heterocycles. The second kappa shape index (κ2) is 6.26. The lowest BCUT2D eigenvalue weighted by Gasteiger charge is -2.10. The van der Waals surface area contributed by atoms with Gasteiger partial charge in [0, 0.05) is 29.8 Å². The van der Waals surface area contributed by atoms with Crippen LogP contribution < -0.4 is 5.32 Å². The lowest BCUT2D eigenvalue weighted by Crippen LogP contribution is -2.18. The van der Waals surface area contributed by atoms with Gasteiger partial charge in [0.2, 0.25) is 0 Å². The molecule has 1 N–H and O–H groups in total. The van der Waals surface area contributed by atoms with E-state index in [0.29, 0.717) is 5.82 Å². The van der Waals surface area contributed by atoms with Gasteiger partial charge in [-0.3, -0.25) is 4.98 Å². The fourth-order valence-electron chi connectivity index (χ4n) is 2.49. The van der Waals surface area contributed by atoms with E-state index in [4.69, 9.17) is 0 Å². The van der Waals surface area contributed by atoms with Gasteiger partial charge in [-0.2, -0.15) is 0 Å². The molecule has 21 heavy (non-hydrogen) atoms. The molecular formula is C16H21N5. The Morgan fingerprint density at radius 3 is 2.52 bits per heavy atom. The minimum atomic E-state index is 0.665. The predicted molar refractivity (Wildman–Crippen MR) is 81.9 cm³/mol. The van der Waals surface area contributed by atoms with Crippen molar-refractivity contribution in [2.45, 2.75) is 45.6 Å². The average molecular weight is 283 g/mol. The van der Waals surface area contributed by atoms with Crippen LogP contribution in [-0.4, -0.2) is 32.5 Å². The summed E-state index contributed by atoms with van der Waals surface area (Å²) in [7, 11) is 0. The summed E-state index contributed by atoms with van der Waals surface area (Å²) in [5, 5.41) is 3.54. The van der Waals surface area contributed by atoms with Gasteiger partial charge in [0.1, 0.15) is 5.69 Å². The maximum atomic E-state index is 4.60. The summed E-state index contributed by atoms with van der Waals surface area (Å²) in [4.78, 5) is 17.5. The van der Waals surface area contributed by atoms with Crippen molar-refractivity contribution in [3.8, 4) is 11.5 Å². The molecule has 2 aromatic rings. The third-order valence-corrected chi connectivity index (χ3v) is 3.83. The first kappa shape index (κ1) is 14.1. The molecule has 0 atom stereocenters. The van der Waals surface area contributed by atoms with E-state index in [1.54, 1.807) is 18.6 Å². The van der Waals surface area contributed by atoms with Crippen LogP contribution in [0.4, 0.5) is 0 Å². The number of nitrogens with one attached hydrogen (secondary N) is 1. The van der Waals surface area contributed by atoms with E-state index in [2.05, 4.69) is 39.1 Å². The fraction of sp³-hybridized carbons (Fsp3) is 0.500. The van der Waals surface area contributed by atoms with E-state index in [1.165, 1.54) is 18.4 Å².